The summed E-state index contributed by atoms with van der Waals surface area (Å²) in [7, 11) is 3.66. The number of ether oxygens (including phenoxy) is 2. The average Bonchev–Trinajstić information content (AvgIpc) is 3.17. The van der Waals surface area contributed by atoms with Crippen LogP contribution in [0.2, 0.25) is 0 Å². The van der Waals surface area contributed by atoms with E-state index < -0.39 is 0 Å². The van der Waals surface area contributed by atoms with Crippen molar-refractivity contribution in [2.24, 2.45) is 10.4 Å². The van der Waals surface area contributed by atoms with Crippen LogP contribution in [0.5, 0.6) is 5.75 Å². The highest BCUT2D eigenvalue weighted by Crippen LogP contribution is 2.51. The number of rotatable bonds is 3. The van der Waals surface area contributed by atoms with Crippen LogP contribution in [-0.2, 0) is 10.2 Å². The van der Waals surface area contributed by atoms with Gasteiger partial charge in [-0.2, -0.15) is 0 Å². The zero-order valence-electron chi connectivity index (χ0n) is 16.3. The fraction of sp³-hybridized carbons (Fsp3) is 0.667. The first-order chi connectivity index (χ1) is 12.6. The number of nitrogens with one attached hydrogen (secondary N) is 1. The lowest BCUT2D eigenvalue weighted by Crippen LogP contribution is -2.44. The van der Waals surface area contributed by atoms with Crippen molar-refractivity contribution in [1.82, 2.24) is 10.2 Å². The van der Waals surface area contributed by atoms with Crippen molar-refractivity contribution in [2.75, 3.05) is 40.5 Å². The molecule has 0 bridgehead atoms. The second-order valence-corrected chi connectivity index (χ2v) is 8.35. The van der Waals surface area contributed by atoms with Gasteiger partial charge in [-0.1, -0.05) is 25.1 Å². The molecule has 2 aliphatic heterocycles. The van der Waals surface area contributed by atoms with Crippen LogP contribution in [0.25, 0.3) is 0 Å². The van der Waals surface area contributed by atoms with Crippen molar-refractivity contribution < 1.29 is 9.47 Å². The molecule has 3 aliphatic rings. The Morgan fingerprint density at radius 1 is 1.27 bits per heavy atom. The van der Waals surface area contributed by atoms with Gasteiger partial charge in [0, 0.05) is 50.4 Å². The second kappa shape index (κ2) is 6.76. The molecule has 1 N–H and O–H groups in total. The van der Waals surface area contributed by atoms with Gasteiger partial charge in [-0.05, 0) is 37.2 Å². The van der Waals surface area contributed by atoms with Crippen molar-refractivity contribution in [3.63, 3.8) is 0 Å². The van der Waals surface area contributed by atoms with Crippen molar-refractivity contribution >= 4 is 5.96 Å². The van der Waals surface area contributed by atoms with Gasteiger partial charge in [-0.25, -0.2) is 0 Å². The molecule has 1 aromatic carbocycles. The SMILES string of the molecule is CN=C(NC1CC1(C)c1ccccc1OC)N1CCC2(CCOCC2)C1. The molecule has 142 valence electrons. The van der Waals surface area contributed by atoms with Crippen LogP contribution in [0, 0.1) is 5.41 Å². The average molecular weight is 357 g/mol. The fourth-order valence-corrected chi connectivity index (χ4v) is 4.77. The topological polar surface area (TPSA) is 46.1 Å². The molecule has 2 saturated heterocycles. The maximum atomic E-state index is 5.59. The number of hydrogen-bond acceptors (Lipinski definition) is 3. The van der Waals surface area contributed by atoms with E-state index in [2.05, 4.69) is 40.3 Å². The molecule has 0 radical (unpaired) electrons. The number of nitrogens with zero attached hydrogens (tertiary/aromatic N) is 2. The minimum absolute atomic E-state index is 0.110. The minimum Gasteiger partial charge on any atom is -0.496 e. The maximum Gasteiger partial charge on any atom is 0.193 e. The first kappa shape index (κ1) is 17.7. The first-order valence-electron chi connectivity index (χ1n) is 9.80. The largest absolute Gasteiger partial charge is 0.496 e. The van der Waals surface area contributed by atoms with Crippen molar-refractivity contribution in [3.05, 3.63) is 29.8 Å². The Morgan fingerprint density at radius 2 is 2.04 bits per heavy atom. The second-order valence-electron chi connectivity index (χ2n) is 8.35. The van der Waals surface area contributed by atoms with E-state index in [1.807, 2.05) is 13.1 Å². The van der Waals surface area contributed by atoms with Gasteiger partial charge in [0.2, 0.25) is 0 Å². The zero-order valence-corrected chi connectivity index (χ0v) is 16.3. The van der Waals surface area contributed by atoms with E-state index in [1.165, 1.54) is 24.8 Å². The molecular formula is C21H31N3O2. The van der Waals surface area contributed by atoms with Crippen LogP contribution in [0.4, 0.5) is 0 Å². The highest BCUT2D eigenvalue weighted by Gasteiger charge is 2.54. The highest BCUT2D eigenvalue weighted by molar-refractivity contribution is 5.81. The summed E-state index contributed by atoms with van der Waals surface area (Å²) in [6.07, 6.45) is 4.73. The Labute approximate surface area is 156 Å². The van der Waals surface area contributed by atoms with Gasteiger partial charge < -0.3 is 19.7 Å². The van der Waals surface area contributed by atoms with Crippen molar-refractivity contribution in [3.8, 4) is 5.75 Å². The Kier molecular flexibility index (Phi) is 4.59. The molecule has 5 nitrogen and oxygen atoms in total. The van der Waals surface area contributed by atoms with Crippen LogP contribution >= 0.6 is 0 Å². The van der Waals surface area contributed by atoms with E-state index >= 15 is 0 Å². The smallest absolute Gasteiger partial charge is 0.193 e. The normalized spacial score (nSPS) is 30.5. The predicted octanol–water partition coefficient (Wildman–Crippen LogP) is 2.80. The molecule has 2 atom stereocenters. The van der Waals surface area contributed by atoms with Gasteiger partial charge in [0.1, 0.15) is 5.75 Å². The number of aliphatic imine (C=N–C) groups is 1. The molecule has 0 aromatic heterocycles. The Balaban J connectivity index is 1.42. The lowest BCUT2D eigenvalue weighted by molar-refractivity contribution is 0.0217. The number of guanidine groups is 1. The highest BCUT2D eigenvalue weighted by atomic mass is 16.5. The molecule has 3 fully saturated rings. The summed E-state index contributed by atoms with van der Waals surface area (Å²) in [5.74, 6) is 2.04. The quantitative estimate of drug-likeness (QED) is 0.667. The third-order valence-electron chi connectivity index (χ3n) is 6.77. The lowest BCUT2D eigenvalue weighted by atomic mass is 9.80. The van der Waals surface area contributed by atoms with Gasteiger partial charge in [-0.15, -0.1) is 0 Å². The summed E-state index contributed by atoms with van der Waals surface area (Å²) < 4.78 is 11.2. The molecule has 4 rings (SSSR count). The Morgan fingerprint density at radius 3 is 2.77 bits per heavy atom. The van der Waals surface area contributed by atoms with Gasteiger partial charge >= 0.3 is 0 Å². The zero-order chi connectivity index (χ0) is 18.2. The Hall–Kier alpha value is -1.75. The molecular weight excluding hydrogens is 326 g/mol. The number of hydrogen-bond donors (Lipinski definition) is 1. The lowest BCUT2D eigenvalue weighted by Gasteiger charge is -2.33. The van der Waals surface area contributed by atoms with Crippen LogP contribution in [-0.4, -0.2) is 57.4 Å². The third-order valence-corrected chi connectivity index (χ3v) is 6.77. The van der Waals surface area contributed by atoms with E-state index in [0.29, 0.717) is 11.5 Å². The molecule has 1 aromatic rings. The Bertz CT molecular complexity index is 684. The van der Waals surface area contributed by atoms with Crippen molar-refractivity contribution in [1.29, 1.82) is 0 Å². The van der Waals surface area contributed by atoms with E-state index in [1.54, 1.807) is 7.11 Å². The van der Waals surface area contributed by atoms with E-state index in [0.717, 1.165) is 44.4 Å². The molecule has 2 unspecified atom stereocenters. The van der Waals surface area contributed by atoms with Gasteiger partial charge in [0.05, 0.1) is 7.11 Å². The summed E-state index contributed by atoms with van der Waals surface area (Å²) in [4.78, 5) is 7.05. The third kappa shape index (κ3) is 3.07. The maximum absolute atomic E-state index is 5.59. The first-order valence-corrected chi connectivity index (χ1v) is 9.80. The van der Waals surface area contributed by atoms with Crippen LogP contribution in [0.15, 0.2) is 29.3 Å². The summed E-state index contributed by atoms with van der Waals surface area (Å²) in [6.45, 7) is 6.34. The molecule has 2 heterocycles. The molecule has 1 saturated carbocycles. The summed E-state index contributed by atoms with van der Waals surface area (Å²) in [6, 6.07) is 8.79. The van der Waals surface area contributed by atoms with Crippen LogP contribution < -0.4 is 10.1 Å². The molecule has 5 heteroatoms. The summed E-state index contributed by atoms with van der Waals surface area (Å²) in [5.41, 5.74) is 1.84. The molecule has 1 aliphatic carbocycles. The number of para-hydroxylation sites is 1. The van der Waals surface area contributed by atoms with Gasteiger partial charge in [-0.3, -0.25) is 4.99 Å². The van der Waals surface area contributed by atoms with E-state index in [9.17, 15) is 0 Å². The molecule has 26 heavy (non-hydrogen) atoms. The number of benzene rings is 1. The summed E-state index contributed by atoms with van der Waals surface area (Å²) >= 11 is 0. The standard InChI is InChI=1S/C21H31N3O2/c1-20(16-6-4-5-7-17(16)25-3)14-18(20)23-19(22-2)24-11-8-21(15-24)9-12-26-13-10-21/h4-7,18H,8-15H2,1-3H3,(H,22,23). The summed E-state index contributed by atoms with van der Waals surface area (Å²) in [5, 5.41) is 3.73. The molecule has 0 amide bonds. The predicted molar refractivity (Wildman–Crippen MR) is 104 cm³/mol. The minimum atomic E-state index is 0.110. The fourth-order valence-electron chi connectivity index (χ4n) is 4.77. The van der Waals surface area contributed by atoms with Crippen LogP contribution in [0.1, 0.15) is 38.2 Å². The number of methoxy groups -OCH3 is 1. The van der Waals surface area contributed by atoms with Crippen molar-refractivity contribution in [2.45, 2.75) is 44.1 Å². The van der Waals surface area contributed by atoms with Gasteiger partial charge in [0.15, 0.2) is 5.96 Å². The monoisotopic (exact) mass is 357 g/mol. The number of likely N-dealkylation sites (tertiary alicyclic amines) is 1. The van der Waals surface area contributed by atoms with E-state index in [-0.39, 0.29) is 5.41 Å². The van der Waals surface area contributed by atoms with E-state index in [4.69, 9.17) is 9.47 Å². The molecule has 1 spiro atoms. The van der Waals surface area contributed by atoms with Gasteiger partial charge in [0.25, 0.3) is 0 Å². The van der Waals surface area contributed by atoms with Crippen LogP contribution in [0.3, 0.4) is 0 Å².